The number of rotatable bonds is 11. The number of hydrogen-bond donors (Lipinski definition) is 0. The minimum absolute atomic E-state index is 0.222. The number of para-hydroxylation sites is 1. The smallest absolute Gasteiger partial charge is 0.347 e. The highest BCUT2D eigenvalue weighted by atomic mass is 16.6. The van der Waals surface area contributed by atoms with Gasteiger partial charge in [0.25, 0.3) is 5.56 Å². The van der Waals surface area contributed by atoms with Gasteiger partial charge < -0.3 is 23.4 Å². The van der Waals surface area contributed by atoms with E-state index < -0.39 is 12.1 Å². The maximum absolute atomic E-state index is 13.7. The second-order valence-corrected chi connectivity index (χ2v) is 9.51. The Morgan fingerprint density at radius 2 is 1.86 bits per heavy atom. The van der Waals surface area contributed by atoms with E-state index in [1.54, 1.807) is 57.4 Å². The lowest BCUT2D eigenvalue weighted by Gasteiger charge is -2.19. The first kappa shape index (κ1) is 29.1. The molecule has 0 aliphatic carbocycles. The van der Waals surface area contributed by atoms with Crippen molar-refractivity contribution >= 4 is 34.1 Å². The highest BCUT2D eigenvalue weighted by Crippen LogP contribution is 2.35. The maximum atomic E-state index is 13.7. The molecule has 5 aromatic rings. The topological polar surface area (TPSA) is 114 Å². The van der Waals surface area contributed by atoms with Crippen LogP contribution in [0.4, 0.5) is 0 Å². The average Bonchev–Trinajstić information content (AvgIpc) is 3.46. The van der Waals surface area contributed by atoms with Gasteiger partial charge in [0.15, 0.2) is 23.4 Å². The first-order chi connectivity index (χ1) is 20.9. The summed E-state index contributed by atoms with van der Waals surface area (Å²) in [6.45, 7) is 7.42. The van der Waals surface area contributed by atoms with Crippen LogP contribution in [0.1, 0.15) is 25.0 Å². The molecular formula is C33H31N3O7. The molecule has 3 aromatic carbocycles. The third kappa shape index (κ3) is 5.85. The summed E-state index contributed by atoms with van der Waals surface area (Å²) in [6.07, 6.45) is 2.80. The van der Waals surface area contributed by atoms with Gasteiger partial charge in [-0.2, -0.15) is 9.78 Å². The zero-order valence-electron chi connectivity index (χ0n) is 24.3. The van der Waals surface area contributed by atoms with E-state index in [9.17, 15) is 9.59 Å². The summed E-state index contributed by atoms with van der Waals surface area (Å²) >= 11 is 0. The van der Waals surface area contributed by atoms with Crippen molar-refractivity contribution in [2.75, 3.05) is 20.8 Å². The van der Waals surface area contributed by atoms with E-state index in [2.05, 4.69) is 11.7 Å². The minimum Gasteiger partial charge on any atom is -0.496 e. The predicted octanol–water partition coefficient (Wildman–Crippen LogP) is 5.77. The lowest BCUT2D eigenvalue weighted by molar-refractivity contribution is -0.150. The molecule has 0 unspecified atom stereocenters. The van der Waals surface area contributed by atoms with Crippen molar-refractivity contribution in [1.82, 2.24) is 9.66 Å². The van der Waals surface area contributed by atoms with Gasteiger partial charge >= 0.3 is 5.97 Å². The van der Waals surface area contributed by atoms with Crippen molar-refractivity contribution in [3.8, 4) is 28.8 Å². The second kappa shape index (κ2) is 12.6. The van der Waals surface area contributed by atoms with Crippen LogP contribution in [0.3, 0.4) is 0 Å². The van der Waals surface area contributed by atoms with E-state index in [1.165, 1.54) is 18.0 Å². The molecule has 0 bridgehead atoms. The molecular weight excluding hydrogens is 550 g/mol. The quantitative estimate of drug-likeness (QED) is 0.110. The zero-order chi connectivity index (χ0) is 30.5. The number of ether oxygens (including phenoxy) is 4. The fourth-order valence-corrected chi connectivity index (χ4v) is 4.67. The first-order valence-corrected chi connectivity index (χ1v) is 13.7. The lowest BCUT2D eigenvalue weighted by atomic mass is 10.1. The number of carbonyl (C=O) groups excluding carboxylic acids is 1. The van der Waals surface area contributed by atoms with E-state index in [1.807, 2.05) is 30.3 Å². The molecule has 0 saturated carbocycles. The van der Waals surface area contributed by atoms with Crippen LogP contribution < -0.4 is 19.8 Å². The Hall–Kier alpha value is -5.38. The van der Waals surface area contributed by atoms with Crippen LogP contribution in [-0.2, 0) is 16.0 Å². The van der Waals surface area contributed by atoms with Crippen LogP contribution in [0.5, 0.6) is 17.2 Å². The van der Waals surface area contributed by atoms with Crippen LogP contribution in [0.15, 0.2) is 87.6 Å². The van der Waals surface area contributed by atoms with Crippen LogP contribution in [0, 0.1) is 0 Å². The molecule has 1 atom stereocenters. The minimum atomic E-state index is -0.857. The number of benzene rings is 3. The number of fused-ring (bicyclic) bond motifs is 2. The standard InChI is InChI=1S/C33H31N3O7/c1-6-11-22-16-21(17-28(40-5)30(22)42-20(3)33(38)41-7-2)19-34-36-31(35-25-13-9-8-12-23(25)32(36)37)29-18-24-26(39-4)14-10-15-27(24)43-29/h6,8-10,12-20H,1,7,11H2,2-5H3/t20-/m0/s1. The van der Waals surface area contributed by atoms with Crippen LogP contribution in [-0.4, -0.2) is 48.8 Å². The van der Waals surface area contributed by atoms with Crippen LogP contribution in [0.2, 0.25) is 0 Å². The van der Waals surface area contributed by atoms with Crippen molar-refractivity contribution in [2.45, 2.75) is 26.4 Å². The molecule has 10 heteroatoms. The molecule has 2 aromatic heterocycles. The van der Waals surface area contributed by atoms with Crippen LogP contribution in [0.25, 0.3) is 33.5 Å². The molecule has 0 spiro atoms. The van der Waals surface area contributed by atoms with Gasteiger partial charge in [0.1, 0.15) is 11.3 Å². The highest BCUT2D eigenvalue weighted by molar-refractivity contribution is 5.89. The molecule has 0 fully saturated rings. The number of carbonyl (C=O) groups is 1. The Morgan fingerprint density at radius 1 is 1.07 bits per heavy atom. The maximum Gasteiger partial charge on any atom is 0.347 e. The Balaban J connectivity index is 1.62. The number of nitrogens with zero attached hydrogens (tertiary/aromatic N) is 3. The molecule has 0 N–H and O–H groups in total. The monoisotopic (exact) mass is 581 g/mol. The Kier molecular flexibility index (Phi) is 8.56. The van der Waals surface area contributed by atoms with E-state index in [4.69, 9.17) is 28.3 Å². The fourth-order valence-electron chi connectivity index (χ4n) is 4.67. The van der Waals surface area contributed by atoms with Crippen molar-refractivity contribution in [3.05, 3.63) is 94.8 Å². The van der Waals surface area contributed by atoms with Gasteiger partial charge in [-0.1, -0.05) is 24.3 Å². The van der Waals surface area contributed by atoms with E-state index in [-0.39, 0.29) is 18.0 Å². The first-order valence-electron chi connectivity index (χ1n) is 13.7. The van der Waals surface area contributed by atoms with E-state index in [0.717, 1.165) is 5.39 Å². The summed E-state index contributed by atoms with van der Waals surface area (Å²) in [5.74, 6) is 1.48. The highest BCUT2D eigenvalue weighted by Gasteiger charge is 2.22. The van der Waals surface area contributed by atoms with Gasteiger partial charge in [-0.15, -0.1) is 6.58 Å². The van der Waals surface area contributed by atoms with E-state index in [0.29, 0.717) is 57.0 Å². The average molecular weight is 582 g/mol. The predicted molar refractivity (Wildman–Crippen MR) is 164 cm³/mol. The lowest BCUT2D eigenvalue weighted by Crippen LogP contribution is -2.26. The summed E-state index contributed by atoms with van der Waals surface area (Å²) in [7, 11) is 3.08. The largest absolute Gasteiger partial charge is 0.496 e. The molecule has 43 heavy (non-hydrogen) atoms. The fraction of sp³-hybridized carbons (Fsp3) is 0.212. The molecule has 0 aliphatic rings. The van der Waals surface area contributed by atoms with Crippen molar-refractivity contribution in [2.24, 2.45) is 5.10 Å². The number of allylic oxidation sites excluding steroid dienone is 1. The third-order valence-corrected chi connectivity index (χ3v) is 6.69. The SMILES string of the molecule is C=CCc1cc(C=Nn2c(-c3cc4c(OC)cccc4o3)nc3ccccc3c2=O)cc(OC)c1O[C@@H](C)C(=O)OCC. The summed E-state index contributed by atoms with van der Waals surface area (Å²) in [5.41, 5.74) is 2.04. The van der Waals surface area contributed by atoms with Gasteiger partial charge in [-0.3, -0.25) is 4.79 Å². The molecule has 220 valence electrons. The normalized spacial score (nSPS) is 12.0. The summed E-state index contributed by atoms with van der Waals surface area (Å²) in [6, 6.07) is 17.8. The molecule has 10 nitrogen and oxygen atoms in total. The summed E-state index contributed by atoms with van der Waals surface area (Å²) in [4.78, 5) is 30.7. The zero-order valence-corrected chi connectivity index (χ0v) is 24.3. The van der Waals surface area contributed by atoms with Gasteiger partial charge in [-0.25, -0.2) is 9.78 Å². The number of hydrogen-bond acceptors (Lipinski definition) is 9. The van der Waals surface area contributed by atoms with Crippen molar-refractivity contribution < 1.29 is 28.2 Å². The molecule has 0 aliphatic heterocycles. The van der Waals surface area contributed by atoms with E-state index >= 15 is 0 Å². The number of methoxy groups -OCH3 is 2. The van der Waals surface area contributed by atoms with Gasteiger partial charge in [0.05, 0.1) is 43.3 Å². The second-order valence-electron chi connectivity index (χ2n) is 9.51. The van der Waals surface area contributed by atoms with Crippen LogP contribution >= 0.6 is 0 Å². The summed E-state index contributed by atoms with van der Waals surface area (Å²) in [5, 5.41) is 5.71. The number of aromatic nitrogens is 2. The van der Waals surface area contributed by atoms with Gasteiger partial charge in [-0.05, 0) is 68.3 Å². The number of esters is 1. The molecule has 2 heterocycles. The summed E-state index contributed by atoms with van der Waals surface area (Å²) < 4.78 is 29.5. The van der Waals surface area contributed by atoms with Gasteiger partial charge in [0.2, 0.25) is 5.82 Å². The molecule has 0 saturated heterocycles. The van der Waals surface area contributed by atoms with Gasteiger partial charge in [0, 0.05) is 5.56 Å². The Labute approximate surface area is 247 Å². The third-order valence-electron chi connectivity index (χ3n) is 6.69. The van der Waals surface area contributed by atoms with Crippen molar-refractivity contribution in [1.29, 1.82) is 0 Å². The molecule has 5 rings (SSSR count). The van der Waals surface area contributed by atoms with Crippen molar-refractivity contribution in [3.63, 3.8) is 0 Å². The Morgan fingerprint density at radius 3 is 2.60 bits per heavy atom. The number of furan rings is 1. The Bertz CT molecular complexity index is 1900. The molecule has 0 radical (unpaired) electrons. The molecule has 0 amide bonds.